The first kappa shape index (κ1) is 11.9. The lowest BCUT2D eigenvalue weighted by molar-refractivity contribution is 0.144. The molecular weight excluding hydrogens is 240 g/mol. The molecule has 1 unspecified atom stereocenters. The first-order valence-corrected chi connectivity index (χ1v) is 6.38. The van der Waals surface area contributed by atoms with E-state index in [4.69, 9.17) is 0 Å². The molecule has 98 valence electrons. The lowest BCUT2D eigenvalue weighted by Gasteiger charge is -2.13. The van der Waals surface area contributed by atoms with Gasteiger partial charge in [0, 0.05) is 18.9 Å². The van der Waals surface area contributed by atoms with Crippen LogP contribution >= 0.6 is 0 Å². The number of nitrogens with zero attached hydrogens (tertiary/aromatic N) is 4. The minimum absolute atomic E-state index is 0.456. The third-order valence-electron chi connectivity index (χ3n) is 3.28. The molecule has 1 N–H and O–H groups in total. The molecule has 0 aliphatic carbocycles. The summed E-state index contributed by atoms with van der Waals surface area (Å²) in [6, 6.07) is 7.90. The van der Waals surface area contributed by atoms with Crippen LogP contribution in [0.15, 0.2) is 43.0 Å². The van der Waals surface area contributed by atoms with Gasteiger partial charge in [-0.05, 0) is 19.1 Å². The molecule has 2 aromatic heterocycles. The van der Waals surface area contributed by atoms with E-state index in [1.54, 1.807) is 12.5 Å². The molecule has 0 radical (unpaired) electrons. The lowest BCUT2D eigenvalue weighted by Crippen LogP contribution is -2.13. The highest BCUT2D eigenvalue weighted by Crippen LogP contribution is 2.17. The number of aryl methyl sites for hydroxylation is 1. The van der Waals surface area contributed by atoms with Gasteiger partial charge >= 0.3 is 0 Å². The second-order valence-corrected chi connectivity index (χ2v) is 4.47. The van der Waals surface area contributed by atoms with E-state index in [-0.39, 0.29) is 0 Å². The third kappa shape index (κ3) is 2.13. The molecule has 3 rings (SSSR count). The zero-order valence-corrected chi connectivity index (χ0v) is 10.8. The Morgan fingerprint density at radius 3 is 2.89 bits per heavy atom. The highest BCUT2D eigenvalue weighted by Gasteiger charge is 2.15. The predicted octanol–water partition coefficient (Wildman–Crippen LogP) is 1.99. The third-order valence-corrected chi connectivity index (χ3v) is 3.28. The van der Waals surface area contributed by atoms with Crippen molar-refractivity contribution in [3.8, 4) is 0 Å². The molecule has 5 heteroatoms. The zero-order valence-electron chi connectivity index (χ0n) is 10.8. The summed E-state index contributed by atoms with van der Waals surface area (Å²) in [5, 5.41) is 10.3. The fourth-order valence-electron chi connectivity index (χ4n) is 2.31. The molecule has 0 bridgehead atoms. The topological polar surface area (TPSA) is 55.9 Å². The van der Waals surface area contributed by atoms with Gasteiger partial charge in [0.1, 0.15) is 11.9 Å². The Morgan fingerprint density at radius 2 is 2.05 bits per heavy atom. The smallest absolute Gasteiger partial charge is 0.139 e. The van der Waals surface area contributed by atoms with Crippen LogP contribution in [0, 0.1) is 0 Å². The zero-order chi connectivity index (χ0) is 13.2. The van der Waals surface area contributed by atoms with Gasteiger partial charge in [0.05, 0.1) is 23.9 Å². The summed E-state index contributed by atoms with van der Waals surface area (Å²) < 4.78 is 3.90. The van der Waals surface area contributed by atoms with E-state index in [2.05, 4.69) is 9.97 Å². The van der Waals surface area contributed by atoms with Crippen molar-refractivity contribution in [1.29, 1.82) is 0 Å². The van der Waals surface area contributed by atoms with Gasteiger partial charge in [-0.2, -0.15) is 0 Å². The molecule has 0 saturated carbocycles. The Hall–Kier alpha value is -2.14. The van der Waals surface area contributed by atoms with Gasteiger partial charge in [0.2, 0.25) is 0 Å². The lowest BCUT2D eigenvalue weighted by atomic mass is 10.3. The van der Waals surface area contributed by atoms with Crippen LogP contribution in [-0.2, 0) is 13.1 Å². The molecule has 0 spiro atoms. The van der Waals surface area contributed by atoms with Crippen LogP contribution in [0.5, 0.6) is 0 Å². The van der Waals surface area contributed by atoms with Gasteiger partial charge in [-0.15, -0.1) is 0 Å². The first-order chi connectivity index (χ1) is 9.29. The molecule has 0 fully saturated rings. The summed E-state index contributed by atoms with van der Waals surface area (Å²) in [5.41, 5.74) is 1.96. The van der Waals surface area contributed by atoms with Gasteiger partial charge in [-0.3, -0.25) is 0 Å². The number of rotatable bonds is 4. The van der Waals surface area contributed by atoms with Crippen molar-refractivity contribution in [1.82, 2.24) is 19.1 Å². The van der Waals surface area contributed by atoms with Gasteiger partial charge in [0.15, 0.2) is 0 Å². The standard InChI is InChI=1S/C14H16N4O/c1-2-17-8-7-15-14(17)13(19)9-18-10-16-11-5-3-4-6-12(11)18/h3-8,10,13,19H,2,9H2,1H3. The van der Waals surface area contributed by atoms with Crippen LogP contribution in [0.25, 0.3) is 11.0 Å². The van der Waals surface area contributed by atoms with E-state index < -0.39 is 6.10 Å². The fourth-order valence-corrected chi connectivity index (χ4v) is 2.31. The minimum atomic E-state index is -0.632. The van der Waals surface area contributed by atoms with Gasteiger partial charge in [-0.25, -0.2) is 9.97 Å². The summed E-state index contributed by atoms with van der Waals surface area (Å²) in [7, 11) is 0. The Bertz CT molecular complexity index is 685. The van der Waals surface area contributed by atoms with E-state index in [1.807, 2.05) is 46.5 Å². The van der Waals surface area contributed by atoms with Gasteiger partial charge in [-0.1, -0.05) is 12.1 Å². The SMILES string of the molecule is CCn1ccnc1C(O)Cn1cnc2ccccc21. The molecular formula is C14H16N4O. The van der Waals surface area contributed by atoms with Crippen molar-refractivity contribution in [2.45, 2.75) is 26.1 Å². The number of hydrogen-bond donors (Lipinski definition) is 1. The molecule has 5 nitrogen and oxygen atoms in total. The quantitative estimate of drug-likeness (QED) is 0.776. The second-order valence-electron chi connectivity index (χ2n) is 4.47. The summed E-state index contributed by atoms with van der Waals surface area (Å²) >= 11 is 0. The maximum atomic E-state index is 10.3. The number of hydrogen-bond acceptors (Lipinski definition) is 3. The average Bonchev–Trinajstić information content (AvgIpc) is 3.05. The molecule has 3 aromatic rings. The highest BCUT2D eigenvalue weighted by atomic mass is 16.3. The molecule has 1 atom stereocenters. The number of aliphatic hydroxyl groups is 1. The van der Waals surface area contributed by atoms with Crippen molar-refractivity contribution >= 4 is 11.0 Å². The van der Waals surface area contributed by atoms with E-state index >= 15 is 0 Å². The number of fused-ring (bicyclic) bond motifs is 1. The average molecular weight is 256 g/mol. The number of para-hydroxylation sites is 2. The van der Waals surface area contributed by atoms with Crippen molar-refractivity contribution < 1.29 is 5.11 Å². The minimum Gasteiger partial charge on any atom is -0.383 e. The second kappa shape index (κ2) is 4.85. The Kier molecular flexibility index (Phi) is 3.05. The summed E-state index contributed by atoms with van der Waals surface area (Å²) in [6.07, 6.45) is 4.72. The molecule has 1 aromatic carbocycles. The van der Waals surface area contributed by atoms with Crippen molar-refractivity contribution in [2.75, 3.05) is 0 Å². The summed E-state index contributed by atoms with van der Waals surface area (Å²) in [6.45, 7) is 3.29. The van der Waals surface area contributed by atoms with Gasteiger partial charge in [0.25, 0.3) is 0 Å². The number of imidazole rings is 2. The molecule has 0 aliphatic rings. The van der Waals surface area contributed by atoms with Crippen molar-refractivity contribution in [3.63, 3.8) is 0 Å². The Morgan fingerprint density at radius 1 is 1.21 bits per heavy atom. The number of benzene rings is 1. The maximum absolute atomic E-state index is 10.3. The highest BCUT2D eigenvalue weighted by molar-refractivity contribution is 5.74. The van der Waals surface area contributed by atoms with Crippen molar-refractivity contribution in [2.24, 2.45) is 0 Å². The largest absolute Gasteiger partial charge is 0.383 e. The van der Waals surface area contributed by atoms with Crippen molar-refractivity contribution in [3.05, 3.63) is 48.8 Å². The first-order valence-electron chi connectivity index (χ1n) is 6.38. The number of aromatic nitrogens is 4. The molecule has 2 heterocycles. The molecule has 19 heavy (non-hydrogen) atoms. The Labute approximate surface area is 111 Å². The van der Waals surface area contributed by atoms with Crippen LogP contribution in [0.4, 0.5) is 0 Å². The fraction of sp³-hybridized carbons (Fsp3) is 0.286. The van der Waals surface area contributed by atoms with E-state index in [0.717, 1.165) is 17.6 Å². The number of aliphatic hydroxyl groups excluding tert-OH is 1. The van der Waals surface area contributed by atoms with Crippen LogP contribution < -0.4 is 0 Å². The Balaban J connectivity index is 1.89. The summed E-state index contributed by atoms with van der Waals surface area (Å²) in [5.74, 6) is 0.695. The predicted molar refractivity (Wildman–Crippen MR) is 72.6 cm³/mol. The molecule has 0 aliphatic heterocycles. The maximum Gasteiger partial charge on any atom is 0.139 e. The van der Waals surface area contributed by atoms with E-state index in [0.29, 0.717) is 12.4 Å². The molecule has 0 amide bonds. The van der Waals surface area contributed by atoms with Crippen LogP contribution in [0.1, 0.15) is 18.9 Å². The van der Waals surface area contributed by atoms with Crippen LogP contribution in [0.2, 0.25) is 0 Å². The van der Waals surface area contributed by atoms with Crippen LogP contribution in [0.3, 0.4) is 0 Å². The van der Waals surface area contributed by atoms with E-state index in [9.17, 15) is 5.11 Å². The molecule has 0 saturated heterocycles. The van der Waals surface area contributed by atoms with E-state index in [1.165, 1.54) is 0 Å². The summed E-state index contributed by atoms with van der Waals surface area (Å²) in [4.78, 5) is 8.55. The normalized spacial score (nSPS) is 12.9. The van der Waals surface area contributed by atoms with Crippen LogP contribution in [-0.4, -0.2) is 24.2 Å². The monoisotopic (exact) mass is 256 g/mol. The van der Waals surface area contributed by atoms with Gasteiger partial charge < -0.3 is 14.2 Å².